The molecule has 3 rings (SSSR count). The summed E-state index contributed by atoms with van der Waals surface area (Å²) in [6.45, 7) is 0. The average Bonchev–Trinajstić information content (AvgIpc) is 2.61. The molecule has 0 aliphatic heterocycles. The molecule has 0 aliphatic rings. The highest BCUT2D eigenvalue weighted by Gasteiger charge is 2.19. The van der Waals surface area contributed by atoms with Gasteiger partial charge in [-0.2, -0.15) is 0 Å². The number of pyridine rings is 1. The van der Waals surface area contributed by atoms with E-state index in [1.807, 2.05) is 30.3 Å². The quantitative estimate of drug-likeness (QED) is 0.765. The van der Waals surface area contributed by atoms with Gasteiger partial charge in [0.1, 0.15) is 5.82 Å². The number of aromatic nitrogens is 1. The zero-order valence-corrected chi connectivity index (χ0v) is 13.4. The molecule has 0 aliphatic carbocycles. The van der Waals surface area contributed by atoms with E-state index in [0.29, 0.717) is 5.56 Å². The Morgan fingerprint density at radius 3 is 2.33 bits per heavy atom. The highest BCUT2D eigenvalue weighted by atomic mass is 35.5. The van der Waals surface area contributed by atoms with Gasteiger partial charge in [-0.25, -0.2) is 4.39 Å². The zero-order valence-electron chi connectivity index (χ0n) is 12.6. The lowest BCUT2D eigenvalue weighted by molar-refractivity contribution is 0.0943. The van der Waals surface area contributed by atoms with E-state index in [-0.39, 0.29) is 16.7 Å². The molecule has 24 heavy (non-hydrogen) atoms. The summed E-state index contributed by atoms with van der Waals surface area (Å²) in [4.78, 5) is 16.5. The molecule has 0 bridgehead atoms. The lowest BCUT2D eigenvalue weighted by Gasteiger charge is -2.20. The molecule has 0 saturated carbocycles. The number of nitrogens with zero attached hydrogens (tertiary/aromatic N) is 1. The molecule has 3 nitrogen and oxygen atoms in total. The van der Waals surface area contributed by atoms with E-state index in [4.69, 9.17) is 11.6 Å². The van der Waals surface area contributed by atoms with Crippen LogP contribution in [-0.4, -0.2) is 10.9 Å². The summed E-state index contributed by atoms with van der Waals surface area (Å²) < 4.78 is 13.2. The van der Waals surface area contributed by atoms with E-state index >= 15 is 0 Å². The van der Waals surface area contributed by atoms with E-state index in [1.165, 1.54) is 24.5 Å². The summed E-state index contributed by atoms with van der Waals surface area (Å²) in [5.74, 6) is -0.644. The second-order valence-corrected chi connectivity index (χ2v) is 5.63. The average molecular weight is 341 g/mol. The third-order valence-corrected chi connectivity index (χ3v) is 3.93. The van der Waals surface area contributed by atoms with Crippen LogP contribution in [0.2, 0.25) is 5.02 Å². The molecule has 2 aromatic carbocycles. The van der Waals surface area contributed by atoms with Gasteiger partial charge in [-0.15, -0.1) is 0 Å². The van der Waals surface area contributed by atoms with Gasteiger partial charge in [0, 0.05) is 12.4 Å². The van der Waals surface area contributed by atoms with Gasteiger partial charge < -0.3 is 5.32 Å². The Balaban J connectivity index is 1.95. The van der Waals surface area contributed by atoms with Crippen molar-refractivity contribution in [2.45, 2.75) is 6.04 Å². The minimum atomic E-state index is -0.413. The van der Waals surface area contributed by atoms with Gasteiger partial charge in [-0.1, -0.05) is 54.1 Å². The molecule has 1 heterocycles. The van der Waals surface area contributed by atoms with Gasteiger partial charge in [0.05, 0.1) is 16.6 Å². The van der Waals surface area contributed by atoms with E-state index in [0.717, 1.165) is 11.1 Å². The first-order valence-electron chi connectivity index (χ1n) is 7.36. The molecule has 1 atom stereocenters. The Labute approximate surface area is 144 Å². The minimum Gasteiger partial charge on any atom is -0.341 e. The van der Waals surface area contributed by atoms with Crippen LogP contribution in [0, 0.1) is 5.82 Å². The molecule has 1 aromatic heterocycles. The summed E-state index contributed by atoms with van der Waals surface area (Å²) in [6.07, 6.45) is 2.93. The lowest BCUT2D eigenvalue weighted by Crippen LogP contribution is -2.29. The highest BCUT2D eigenvalue weighted by Crippen LogP contribution is 2.24. The number of hydrogen-bond acceptors (Lipinski definition) is 2. The van der Waals surface area contributed by atoms with Gasteiger partial charge in [0.15, 0.2) is 0 Å². The standard InChI is InChI=1S/C19H14ClFN2O/c20-17-12-22-11-10-16(17)19(24)23-18(13-4-2-1-3-5-13)14-6-8-15(21)9-7-14/h1-12,18H,(H,23,24). The van der Waals surface area contributed by atoms with Gasteiger partial charge in [-0.3, -0.25) is 9.78 Å². The number of benzene rings is 2. The number of carbonyl (C=O) groups is 1. The number of rotatable bonds is 4. The predicted molar refractivity (Wildman–Crippen MR) is 91.4 cm³/mol. The molecule has 5 heteroatoms. The van der Waals surface area contributed by atoms with Crippen LogP contribution in [0.15, 0.2) is 73.1 Å². The third kappa shape index (κ3) is 3.60. The summed E-state index contributed by atoms with van der Waals surface area (Å²) in [7, 11) is 0. The first-order valence-corrected chi connectivity index (χ1v) is 7.74. The number of carbonyl (C=O) groups excluding carboxylic acids is 1. The van der Waals surface area contributed by atoms with Crippen molar-refractivity contribution >= 4 is 17.5 Å². The molecule has 1 unspecified atom stereocenters. The first-order chi connectivity index (χ1) is 11.6. The molecule has 0 saturated heterocycles. The third-order valence-electron chi connectivity index (χ3n) is 3.63. The summed E-state index contributed by atoms with van der Waals surface area (Å²) >= 11 is 6.04. The van der Waals surface area contributed by atoms with Crippen molar-refractivity contribution in [3.05, 3.63) is 101 Å². The summed E-state index contributed by atoms with van der Waals surface area (Å²) in [6, 6.07) is 16.7. The van der Waals surface area contributed by atoms with Crippen LogP contribution >= 0.6 is 11.6 Å². The van der Waals surface area contributed by atoms with E-state index in [2.05, 4.69) is 10.3 Å². The number of amides is 1. The normalized spacial score (nSPS) is 11.8. The van der Waals surface area contributed by atoms with Crippen molar-refractivity contribution in [3.8, 4) is 0 Å². The minimum absolute atomic E-state index is 0.279. The SMILES string of the molecule is O=C(NC(c1ccccc1)c1ccc(F)cc1)c1ccncc1Cl. The Hall–Kier alpha value is -2.72. The second-order valence-electron chi connectivity index (χ2n) is 5.22. The van der Waals surface area contributed by atoms with Crippen LogP contribution in [0.3, 0.4) is 0 Å². The number of nitrogens with one attached hydrogen (secondary N) is 1. The van der Waals surface area contributed by atoms with Crippen LogP contribution in [0.25, 0.3) is 0 Å². The van der Waals surface area contributed by atoms with Crippen LogP contribution in [0.1, 0.15) is 27.5 Å². The fourth-order valence-corrected chi connectivity index (χ4v) is 2.63. The fourth-order valence-electron chi connectivity index (χ4n) is 2.43. The lowest BCUT2D eigenvalue weighted by atomic mass is 9.98. The van der Waals surface area contributed by atoms with Gasteiger partial charge >= 0.3 is 0 Å². The molecule has 0 radical (unpaired) electrons. The largest absolute Gasteiger partial charge is 0.341 e. The zero-order chi connectivity index (χ0) is 16.9. The van der Waals surface area contributed by atoms with Crippen LogP contribution < -0.4 is 5.32 Å². The van der Waals surface area contributed by atoms with E-state index < -0.39 is 6.04 Å². The monoisotopic (exact) mass is 340 g/mol. The maximum atomic E-state index is 13.2. The topological polar surface area (TPSA) is 42.0 Å². The van der Waals surface area contributed by atoms with Crippen molar-refractivity contribution in [2.75, 3.05) is 0 Å². The number of halogens is 2. The second kappa shape index (κ2) is 7.23. The summed E-state index contributed by atoms with van der Waals surface area (Å²) in [5.41, 5.74) is 2.01. The fraction of sp³-hybridized carbons (Fsp3) is 0.0526. The Bertz CT molecular complexity index is 838. The predicted octanol–water partition coefficient (Wildman–Crippen LogP) is 4.39. The van der Waals surface area contributed by atoms with Crippen molar-refractivity contribution in [1.29, 1.82) is 0 Å². The molecule has 3 aromatic rings. The molecular weight excluding hydrogens is 327 g/mol. The van der Waals surface area contributed by atoms with Crippen molar-refractivity contribution in [1.82, 2.24) is 10.3 Å². The molecule has 120 valence electrons. The first kappa shape index (κ1) is 16.1. The Morgan fingerprint density at radius 1 is 1.00 bits per heavy atom. The van der Waals surface area contributed by atoms with Crippen LogP contribution in [-0.2, 0) is 0 Å². The highest BCUT2D eigenvalue weighted by molar-refractivity contribution is 6.33. The molecule has 0 fully saturated rings. The van der Waals surface area contributed by atoms with Crippen molar-refractivity contribution in [2.24, 2.45) is 0 Å². The van der Waals surface area contributed by atoms with Gasteiger partial charge in [0.2, 0.25) is 0 Å². The van der Waals surface area contributed by atoms with Crippen LogP contribution in [0.4, 0.5) is 4.39 Å². The molecule has 1 amide bonds. The number of hydrogen-bond donors (Lipinski definition) is 1. The van der Waals surface area contributed by atoms with E-state index in [9.17, 15) is 9.18 Å². The van der Waals surface area contributed by atoms with Crippen molar-refractivity contribution < 1.29 is 9.18 Å². The van der Waals surface area contributed by atoms with Crippen molar-refractivity contribution in [3.63, 3.8) is 0 Å². The van der Waals surface area contributed by atoms with E-state index in [1.54, 1.807) is 18.2 Å². The molecule has 1 N–H and O–H groups in total. The van der Waals surface area contributed by atoms with Gasteiger partial charge in [-0.05, 0) is 29.3 Å². The maximum absolute atomic E-state index is 13.2. The summed E-state index contributed by atoms with van der Waals surface area (Å²) in [5, 5.41) is 3.23. The Morgan fingerprint density at radius 2 is 1.67 bits per heavy atom. The molecule has 0 spiro atoms. The smallest absolute Gasteiger partial charge is 0.253 e. The molecular formula is C19H14ClFN2O. The Kier molecular flexibility index (Phi) is 4.87. The maximum Gasteiger partial charge on any atom is 0.253 e. The van der Waals surface area contributed by atoms with Gasteiger partial charge in [0.25, 0.3) is 5.91 Å². The van der Waals surface area contributed by atoms with Crippen LogP contribution in [0.5, 0.6) is 0 Å².